The summed E-state index contributed by atoms with van der Waals surface area (Å²) >= 11 is 0. The van der Waals surface area contributed by atoms with Crippen molar-refractivity contribution in [3.63, 3.8) is 0 Å². The van der Waals surface area contributed by atoms with E-state index >= 15 is 0 Å². The molecule has 2 atom stereocenters. The SMILES string of the molecule is COCc1cnc(N2CCC([C@H]3C[C@H]3COCc3cc(F)c(S(C)(=O)=O)c(F)c3)CC2)nc1. The second-order valence-electron chi connectivity index (χ2n) is 8.98. The van der Waals surface area contributed by atoms with E-state index in [1.165, 1.54) is 0 Å². The third-order valence-corrected chi connectivity index (χ3v) is 7.57. The Bertz CT molecular complexity index is 1050. The first-order valence-electron chi connectivity index (χ1n) is 11.1. The first-order chi connectivity index (χ1) is 15.8. The molecule has 2 aliphatic rings. The van der Waals surface area contributed by atoms with E-state index in [4.69, 9.17) is 9.47 Å². The normalized spacial score (nSPS) is 21.4. The predicted molar refractivity (Wildman–Crippen MR) is 118 cm³/mol. The molecule has 1 aromatic carbocycles. The van der Waals surface area contributed by atoms with Gasteiger partial charge in [0.25, 0.3) is 0 Å². The molecule has 180 valence electrons. The molecule has 0 unspecified atom stereocenters. The first-order valence-corrected chi connectivity index (χ1v) is 13.0. The number of halogens is 2. The average molecular weight is 482 g/mol. The molecule has 0 radical (unpaired) electrons. The fourth-order valence-corrected chi connectivity index (χ4v) is 5.52. The van der Waals surface area contributed by atoms with Crippen LogP contribution in [0.3, 0.4) is 0 Å². The zero-order valence-corrected chi connectivity index (χ0v) is 19.7. The molecule has 1 saturated heterocycles. The van der Waals surface area contributed by atoms with Crippen LogP contribution in [-0.2, 0) is 32.5 Å². The van der Waals surface area contributed by atoms with Gasteiger partial charge in [-0.25, -0.2) is 27.2 Å². The number of nitrogens with zero attached hydrogens (tertiary/aromatic N) is 3. The molecule has 0 amide bonds. The number of anilines is 1. The molecule has 1 aliphatic carbocycles. The van der Waals surface area contributed by atoms with Crippen molar-refractivity contribution in [1.29, 1.82) is 0 Å². The summed E-state index contributed by atoms with van der Waals surface area (Å²) < 4.78 is 61.8. The Morgan fingerprint density at radius 1 is 1.06 bits per heavy atom. The molecule has 10 heteroatoms. The van der Waals surface area contributed by atoms with E-state index < -0.39 is 26.4 Å². The number of sulfone groups is 1. The highest BCUT2D eigenvalue weighted by molar-refractivity contribution is 7.90. The number of ether oxygens (including phenoxy) is 2. The van der Waals surface area contributed by atoms with E-state index in [1.807, 2.05) is 0 Å². The molecule has 0 spiro atoms. The van der Waals surface area contributed by atoms with Crippen LogP contribution in [-0.4, -0.2) is 51.4 Å². The summed E-state index contributed by atoms with van der Waals surface area (Å²) in [4.78, 5) is 10.2. The average Bonchev–Trinajstić information content (AvgIpc) is 3.53. The van der Waals surface area contributed by atoms with Crippen LogP contribution in [0.4, 0.5) is 14.7 Å². The largest absolute Gasteiger partial charge is 0.380 e. The monoisotopic (exact) mass is 481 g/mol. The molecule has 4 rings (SSSR count). The lowest BCUT2D eigenvalue weighted by Crippen LogP contribution is -2.35. The lowest BCUT2D eigenvalue weighted by atomic mass is 9.91. The second-order valence-corrected chi connectivity index (χ2v) is 10.9. The molecule has 2 aromatic rings. The molecule has 33 heavy (non-hydrogen) atoms. The molecule has 7 nitrogen and oxygen atoms in total. The minimum absolute atomic E-state index is 0.0515. The number of rotatable bonds is 9. The fourth-order valence-electron chi connectivity index (χ4n) is 4.70. The van der Waals surface area contributed by atoms with Crippen molar-refractivity contribution < 1.29 is 26.7 Å². The number of aromatic nitrogens is 2. The fraction of sp³-hybridized carbons (Fsp3) is 0.565. The van der Waals surface area contributed by atoms with Crippen molar-refractivity contribution in [2.75, 3.05) is 38.0 Å². The highest BCUT2D eigenvalue weighted by atomic mass is 32.2. The molecule has 0 N–H and O–H groups in total. The van der Waals surface area contributed by atoms with Gasteiger partial charge >= 0.3 is 0 Å². The third kappa shape index (κ3) is 5.85. The molecular formula is C23H29F2N3O4S. The van der Waals surface area contributed by atoms with Gasteiger partial charge in [0.05, 0.1) is 19.8 Å². The van der Waals surface area contributed by atoms with Gasteiger partial charge < -0.3 is 14.4 Å². The maximum absolute atomic E-state index is 14.0. The Hall–Kier alpha value is -2.17. The molecule has 1 aromatic heterocycles. The van der Waals surface area contributed by atoms with E-state index in [2.05, 4.69) is 14.9 Å². The predicted octanol–water partition coefficient (Wildman–Crippen LogP) is 3.37. The van der Waals surface area contributed by atoms with Gasteiger partial charge in [-0.05, 0) is 54.7 Å². The second kappa shape index (κ2) is 9.99. The highest BCUT2D eigenvalue weighted by Crippen LogP contribution is 2.48. The van der Waals surface area contributed by atoms with Crippen LogP contribution in [0.5, 0.6) is 0 Å². The minimum Gasteiger partial charge on any atom is -0.380 e. The van der Waals surface area contributed by atoms with Gasteiger partial charge in [-0.3, -0.25) is 0 Å². The summed E-state index contributed by atoms with van der Waals surface area (Å²) in [7, 11) is -2.31. The van der Waals surface area contributed by atoms with E-state index in [0.717, 1.165) is 62.3 Å². The summed E-state index contributed by atoms with van der Waals surface area (Å²) in [5.74, 6) is 0.292. The zero-order valence-electron chi connectivity index (χ0n) is 18.8. The van der Waals surface area contributed by atoms with Crippen LogP contribution >= 0.6 is 0 Å². The molecule has 0 bridgehead atoms. The van der Waals surface area contributed by atoms with Gasteiger partial charge in [0.1, 0.15) is 16.5 Å². The Morgan fingerprint density at radius 3 is 2.27 bits per heavy atom. The standard InChI is InChI=1S/C23H29F2N3O4S/c1-31-12-16-10-26-23(27-11-16)28-5-3-17(4-6-28)19-9-18(19)14-32-13-15-7-20(24)22(21(25)8-15)33(2,29)30/h7-8,10-11,17-19H,3-6,9,12-14H2,1-2H3/t18-,19+/m0/s1. The van der Waals surface area contributed by atoms with Crippen molar-refractivity contribution in [2.24, 2.45) is 17.8 Å². The Balaban J connectivity index is 1.21. The summed E-state index contributed by atoms with van der Waals surface area (Å²) in [6, 6.07) is 2.06. The maximum Gasteiger partial charge on any atom is 0.225 e. The summed E-state index contributed by atoms with van der Waals surface area (Å²) in [6.07, 6.45) is 7.65. The first kappa shape index (κ1) is 24.0. The maximum atomic E-state index is 14.0. The lowest BCUT2D eigenvalue weighted by Gasteiger charge is -2.32. The van der Waals surface area contributed by atoms with Crippen LogP contribution in [0.25, 0.3) is 0 Å². The van der Waals surface area contributed by atoms with Crippen LogP contribution in [0.15, 0.2) is 29.4 Å². The van der Waals surface area contributed by atoms with E-state index in [9.17, 15) is 17.2 Å². The summed E-state index contributed by atoms with van der Waals surface area (Å²) in [6.45, 7) is 2.93. The van der Waals surface area contributed by atoms with Crippen LogP contribution in [0.1, 0.15) is 30.4 Å². The van der Waals surface area contributed by atoms with E-state index in [0.29, 0.717) is 36.5 Å². The summed E-state index contributed by atoms with van der Waals surface area (Å²) in [5.41, 5.74) is 1.24. The van der Waals surface area contributed by atoms with Crippen LogP contribution in [0, 0.1) is 29.4 Å². The number of hydrogen-bond acceptors (Lipinski definition) is 7. The van der Waals surface area contributed by atoms with E-state index in [-0.39, 0.29) is 6.61 Å². The van der Waals surface area contributed by atoms with Crippen molar-refractivity contribution in [1.82, 2.24) is 9.97 Å². The number of piperidine rings is 1. The van der Waals surface area contributed by atoms with Crippen molar-refractivity contribution in [3.8, 4) is 0 Å². The molecule has 2 fully saturated rings. The number of hydrogen-bond donors (Lipinski definition) is 0. The van der Waals surface area contributed by atoms with Crippen LogP contribution in [0.2, 0.25) is 0 Å². The number of methoxy groups -OCH3 is 1. The minimum atomic E-state index is -3.96. The van der Waals surface area contributed by atoms with Gasteiger partial charge in [-0.2, -0.15) is 0 Å². The van der Waals surface area contributed by atoms with Gasteiger partial charge in [-0.1, -0.05) is 0 Å². The molecular weight excluding hydrogens is 452 g/mol. The van der Waals surface area contributed by atoms with Crippen LogP contribution < -0.4 is 4.90 Å². The van der Waals surface area contributed by atoms with Gasteiger partial charge in [0.2, 0.25) is 5.95 Å². The Labute approximate surface area is 193 Å². The topological polar surface area (TPSA) is 81.6 Å². The number of benzene rings is 1. The summed E-state index contributed by atoms with van der Waals surface area (Å²) in [5, 5.41) is 0. The van der Waals surface area contributed by atoms with Gasteiger partial charge in [0, 0.05) is 44.4 Å². The smallest absolute Gasteiger partial charge is 0.225 e. The Kier molecular flexibility index (Phi) is 7.25. The Morgan fingerprint density at radius 2 is 1.70 bits per heavy atom. The van der Waals surface area contributed by atoms with Crippen molar-refractivity contribution in [3.05, 3.63) is 47.3 Å². The van der Waals surface area contributed by atoms with E-state index in [1.54, 1.807) is 19.5 Å². The van der Waals surface area contributed by atoms with Crippen molar-refractivity contribution in [2.45, 2.75) is 37.4 Å². The van der Waals surface area contributed by atoms with Gasteiger partial charge in [-0.15, -0.1) is 0 Å². The quantitative estimate of drug-likeness (QED) is 0.543. The lowest BCUT2D eigenvalue weighted by molar-refractivity contribution is 0.103. The van der Waals surface area contributed by atoms with Crippen molar-refractivity contribution >= 4 is 15.8 Å². The third-order valence-electron chi connectivity index (χ3n) is 6.44. The molecule has 2 heterocycles. The molecule has 1 saturated carbocycles. The highest BCUT2D eigenvalue weighted by Gasteiger charge is 2.43. The zero-order chi connectivity index (χ0) is 23.6. The van der Waals surface area contributed by atoms with Gasteiger partial charge in [0.15, 0.2) is 9.84 Å². The molecule has 1 aliphatic heterocycles.